The van der Waals surface area contributed by atoms with Gasteiger partial charge in [-0.25, -0.2) is 4.98 Å². The molecule has 1 aliphatic rings. The van der Waals surface area contributed by atoms with E-state index in [4.69, 9.17) is 9.47 Å². The van der Waals surface area contributed by atoms with Crippen LogP contribution >= 0.6 is 0 Å². The lowest BCUT2D eigenvalue weighted by molar-refractivity contribution is -0.153. The van der Waals surface area contributed by atoms with E-state index in [-0.39, 0.29) is 18.9 Å². The molecule has 4 rings (SSSR count). The molecule has 164 valence electrons. The number of rotatable bonds is 7. The minimum absolute atomic E-state index is 0.0524. The maximum Gasteiger partial charge on any atom is 0.422 e. The van der Waals surface area contributed by atoms with Crippen LogP contribution in [-0.4, -0.2) is 49.7 Å². The molecule has 1 aliphatic heterocycles. The van der Waals surface area contributed by atoms with E-state index in [0.29, 0.717) is 35.4 Å². The Bertz CT molecular complexity index is 1090. The zero-order valence-corrected chi connectivity index (χ0v) is 16.9. The number of nitrogens with one attached hydrogen (secondary N) is 1. The molecule has 2 aromatic carbocycles. The van der Waals surface area contributed by atoms with Gasteiger partial charge in [0.05, 0.1) is 25.1 Å². The highest BCUT2D eigenvalue weighted by Gasteiger charge is 2.31. The summed E-state index contributed by atoms with van der Waals surface area (Å²) in [6.07, 6.45) is -3.78. The first-order chi connectivity index (χ1) is 14.9. The zero-order chi connectivity index (χ0) is 22.0. The minimum atomic E-state index is -4.46. The third-order valence-electron chi connectivity index (χ3n) is 5.08. The van der Waals surface area contributed by atoms with Gasteiger partial charge in [0.1, 0.15) is 22.8 Å². The molecule has 0 spiro atoms. The number of ether oxygens (including phenoxy) is 2. The van der Waals surface area contributed by atoms with Crippen molar-refractivity contribution in [3.8, 4) is 11.5 Å². The fourth-order valence-corrected chi connectivity index (χ4v) is 3.85. The van der Waals surface area contributed by atoms with E-state index in [2.05, 4.69) is 15.2 Å². The van der Waals surface area contributed by atoms with E-state index in [0.717, 1.165) is 16.9 Å². The molecule has 31 heavy (non-hydrogen) atoms. The zero-order valence-electron chi connectivity index (χ0n) is 16.9. The normalized spacial score (nSPS) is 13.4. The van der Waals surface area contributed by atoms with Crippen molar-refractivity contribution in [2.45, 2.75) is 12.6 Å². The van der Waals surface area contributed by atoms with Gasteiger partial charge in [-0.3, -0.25) is 0 Å². The quantitative estimate of drug-likeness (QED) is 0.580. The van der Waals surface area contributed by atoms with E-state index >= 15 is 0 Å². The Balaban J connectivity index is 1.89. The van der Waals surface area contributed by atoms with Gasteiger partial charge >= 0.3 is 6.18 Å². The molecule has 0 saturated carbocycles. The number of anilines is 3. The van der Waals surface area contributed by atoms with Gasteiger partial charge < -0.3 is 24.8 Å². The fraction of sp³-hybridized carbons (Fsp3) is 0.318. The van der Waals surface area contributed by atoms with Crippen LogP contribution in [0.5, 0.6) is 11.5 Å². The molecule has 9 heteroatoms. The lowest BCUT2D eigenvalue weighted by Crippen LogP contribution is -2.19. The summed E-state index contributed by atoms with van der Waals surface area (Å²) in [5.41, 5.74) is 2.95. The van der Waals surface area contributed by atoms with Crippen molar-refractivity contribution < 1.29 is 27.8 Å². The number of aliphatic hydroxyl groups excluding tert-OH is 1. The number of para-hydroxylation sites is 3. The number of alkyl halides is 3. The van der Waals surface area contributed by atoms with Gasteiger partial charge in [0.25, 0.3) is 0 Å². The van der Waals surface area contributed by atoms with Crippen LogP contribution in [-0.2, 0) is 6.42 Å². The van der Waals surface area contributed by atoms with E-state index in [1.165, 1.54) is 6.07 Å². The van der Waals surface area contributed by atoms with Crippen molar-refractivity contribution in [3.05, 3.63) is 48.0 Å². The highest BCUT2D eigenvalue weighted by Crippen LogP contribution is 2.46. The van der Waals surface area contributed by atoms with Crippen LogP contribution in [0.3, 0.4) is 0 Å². The maximum absolute atomic E-state index is 12.8. The molecule has 0 saturated heterocycles. The average Bonchev–Trinajstić information content (AvgIpc) is 3.21. The number of hydrogen-bond donors (Lipinski definition) is 2. The van der Waals surface area contributed by atoms with Crippen LogP contribution in [0.15, 0.2) is 42.5 Å². The van der Waals surface area contributed by atoms with Crippen molar-refractivity contribution in [2.75, 3.05) is 43.6 Å². The first-order valence-electron chi connectivity index (χ1n) is 9.83. The van der Waals surface area contributed by atoms with E-state index in [1.54, 1.807) is 13.2 Å². The maximum atomic E-state index is 12.8. The Labute approximate surface area is 177 Å². The Morgan fingerprint density at radius 3 is 2.65 bits per heavy atom. The lowest BCUT2D eigenvalue weighted by atomic mass is 10.1. The number of halogens is 3. The monoisotopic (exact) mass is 433 g/mol. The second-order valence-electron chi connectivity index (χ2n) is 7.07. The van der Waals surface area contributed by atoms with Crippen molar-refractivity contribution >= 4 is 28.1 Å². The largest absolute Gasteiger partial charge is 0.495 e. The second kappa shape index (κ2) is 8.50. The predicted molar refractivity (Wildman–Crippen MR) is 113 cm³/mol. The Kier molecular flexibility index (Phi) is 5.77. The minimum Gasteiger partial charge on any atom is -0.495 e. The van der Waals surface area contributed by atoms with E-state index in [1.807, 2.05) is 30.3 Å². The number of hydrogen-bond acceptors (Lipinski definition) is 6. The Morgan fingerprint density at radius 2 is 1.90 bits per heavy atom. The van der Waals surface area contributed by atoms with Crippen LogP contribution in [0, 0.1) is 0 Å². The number of methoxy groups -OCH3 is 1. The van der Waals surface area contributed by atoms with Crippen molar-refractivity contribution in [1.82, 2.24) is 4.98 Å². The fourth-order valence-electron chi connectivity index (χ4n) is 3.85. The van der Waals surface area contributed by atoms with Crippen LogP contribution in [0.25, 0.3) is 10.9 Å². The molecule has 6 nitrogen and oxygen atoms in total. The van der Waals surface area contributed by atoms with Crippen molar-refractivity contribution in [2.24, 2.45) is 0 Å². The molecule has 2 N–H and O–H groups in total. The number of aromatic nitrogens is 1. The van der Waals surface area contributed by atoms with Crippen LogP contribution < -0.4 is 19.7 Å². The molecular formula is C22H22F3N3O3. The molecule has 0 aliphatic carbocycles. The standard InChI is InChI=1S/C22H22F3N3O3/c1-30-17-7-3-2-6-16(17)28-11-9-15-20(28)14-5-4-8-18(31-13-22(23,24)25)19(14)27-21(15)26-10-12-29/h2-8,29H,9-13H2,1H3,(H,26,27). The van der Waals surface area contributed by atoms with Crippen molar-refractivity contribution in [1.29, 1.82) is 0 Å². The first kappa shape index (κ1) is 21.0. The number of pyridine rings is 1. The third-order valence-corrected chi connectivity index (χ3v) is 5.08. The van der Waals surface area contributed by atoms with Gasteiger partial charge in [-0.05, 0) is 24.6 Å². The summed E-state index contributed by atoms with van der Waals surface area (Å²) in [6.45, 7) is -0.583. The van der Waals surface area contributed by atoms with Crippen LogP contribution in [0.4, 0.5) is 30.4 Å². The number of benzene rings is 2. The molecule has 1 aromatic heterocycles. The Hall–Kier alpha value is -3.20. The SMILES string of the molecule is COc1ccccc1N1CCc2c(NCCO)nc3c(OCC(F)(F)F)cccc3c21. The number of nitrogens with zero attached hydrogens (tertiary/aromatic N) is 2. The predicted octanol–water partition coefficient (Wildman–Crippen LogP) is 4.28. The molecule has 0 atom stereocenters. The van der Waals surface area contributed by atoms with Gasteiger partial charge in [0, 0.05) is 24.0 Å². The third kappa shape index (κ3) is 4.18. The molecule has 0 bridgehead atoms. The Morgan fingerprint density at radius 1 is 1.13 bits per heavy atom. The molecule has 2 heterocycles. The van der Waals surface area contributed by atoms with Gasteiger partial charge in [0.15, 0.2) is 6.61 Å². The smallest absolute Gasteiger partial charge is 0.422 e. The molecular weight excluding hydrogens is 411 g/mol. The van der Waals surface area contributed by atoms with Gasteiger partial charge in [0.2, 0.25) is 0 Å². The highest BCUT2D eigenvalue weighted by molar-refractivity contribution is 6.02. The van der Waals surface area contributed by atoms with Gasteiger partial charge in [-0.1, -0.05) is 24.3 Å². The summed E-state index contributed by atoms with van der Waals surface area (Å²) in [4.78, 5) is 6.66. The molecule has 3 aromatic rings. The summed E-state index contributed by atoms with van der Waals surface area (Å²) in [6, 6.07) is 12.5. The van der Waals surface area contributed by atoms with E-state index in [9.17, 15) is 18.3 Å². The summed E-state index contributed by atoms with van der Waals surface area (Å²) in [5.74, 6) is 1.27. The first-order valence-corrected chi connectivity index (χ1v) is 9.83. The number of aliphatic hydroxyl groups is 1. The van der Waals surface area contributed by atoms with Gasteiger partial charge in [-0.2, -0.15) is 13.2 Å². The van der Waals surface area contributed by atoms with E-state index < -0.39 is 12.8 Å². The topological polar surface area (TPSA) is 66.9 Å². The average molecular weight is 433 g/mol. The van der Waals surface area contributed by atoms with Crippen LogP contribution in [0.1, 0.15) is 5.56 Å². The lowest BCUT2D eigenvalue weighted by Gasteiger charge is -2.24. The molecule has 0 amide bonds. The number of fused-ring (bicyclic) bond motifs is 3. The highest BCUT2D eigenvalue weighted by atomic mass is 19.4. The summed E-state index contributed by atoms with van der Waals surface area (Å²) >= 11 is 0. The summed E-state index contributed by atoms with van der Waals surface area (Å²) in [5, 5.41) is 13.0. The summed E-state index contributed by atoms with van der Waals surface area (Å²) < 4.78 is 48.9. The van der Waals surface area contributed by atoms with Gasteiger partial charge in [-0.15, -0.1) is 0 Å². The van der Waals surface area contributed by atoms with Crippen molar-refractivity contribution in [3.63, 3.8) is 0 Å². The second-order valence-corrected chi connectivity index (χ2v) is 7.07. The summed E-state index contributed by atoms with van der Waals surface area (Å²) in [7, 11) is 1.60. The molecule has 0 radical (unpaired) electrons. The molecule has 0 unspecified atom stereocenters. The van der Waals surface area contributed by atoms with Crippen LogP contribution in [0.2, 0.25) is 0 Å². The molecule has 0 fully saturated rings.